The summed E-state index contributed by atoms with van der Waals surface area (Å²) in [4.78, 5) is 11.8. The summed E-state index contributed by atoms with van der Waals surface area (Å²) < 4.78 is 0. The van der Waals surface area contributed by atoms with Gasteiger partial charge in [0, 0.05) is 29.8 Å². The SMILES string of the molecule is NCCc1cnc(-c2c[nH]c3c(O)cccc23)cn1. The number of benzene rings is 1. The zero-order chi connectivity index (χ0) is 13.2. The predicted molar refractivity (Wildman–Crippen MR) is 73.7 cm³/mol. The number of fused-ring (bicyclic) bond motifs is 1. The molecular weight excluding hydrogens is 240 g/mol. The molecule has 1 aromatic carbocycles. The summed E-state index contributed by atoms with van der Waals surface area (Å²) in [5, 5.41) is 10.7. The van der Waals surface area contributed by atoms with Gasteiger partial charge in [0.25, 0.3) is 0 Å². The van der Waals surface area contributed by atoms with Gasteiger partial charge in [-0.15, -0.1) is 0 Å². The number of aromatic amines is 1. The molecule has 0 amide bonds. The van der Waals surface area contributed by atoms with Crippen molar-refractivity contribution >= 4 is 10.9 Å². The molecule has 0 aliphatic rings. The first-order valence-electron chi connectivity index (χ1n) is 6.10. The molecule has 0 bridgehead atoms. The average molecular weight is 254 g/mol. The molecule has 4 N–H and O–H groups in total. The largest absolute Gasteiger partial charge is 0.506 e. The topological polar surface area (TPSA) is 87.8 Å². The van der Waals surface area contributed by atoms with Gasteiger partial charge in [-0.05, 0) is 12.6 Å². The van der Waals surface area contributed by atoms with Crippen LogP contribution in [-0.4, -0.2) is 26.6 Å². The van der Waals surface area contributed by atoms with Crippen LogP contribution in [-0.2, 0) is 6.42 Å². The molecule has 5 nitrogen and oxygen atoms in total. The lowest BCUT2D eigenvalue weighted by molar-refractivity contribution is 0.480. The normalized spacial score (nSPS) is 11.0. The van der Waals surface area contributed by atoms with Gasteiger partial charge in [-0.1, -0.05) is 12.1 Å². The van der Waals surface area contributed by atoms with Crippen molar-refractivity contribution in [2.75, 3.05) is 6.54 Å². The Morgan fingerprint density at radius 2 is 2.11 bits per heavy atom. The van der Waals surface area contributed by atoms with E-state index in [9.17, 15) is 5.11 Å². The Labute approximate surface area is 110 Å². The van der Waals surface area contributed by atoms with Crippen molar-refractivity contribution in [2.45, 2.75) is 6.42 Å². The maximum Gasteiger partial charge on any atom is 0.139 e. The van der Waals surface area contributed by atoms with Crippen LogP contribution in [0, 0.1) is 0 Å². The van der Waals surface area contributed by atoms with E-state index in [1.165, 1.54) is 0 Å². The lowest BCUT2D eigenvalue weighted by Crippen LogP contribution is -2.04. The first-order chi connectivity index (χ1) is 9.29. The van der Waals surface area contributed by atoms with Crippen molar-refractivity contribution in [3.8, 4) is 17.0 Å². The Balaban J connectivity index is 2.06. The molecule has 0 saturated carbocycles. The second kappa shape index (κ2) is 4.70. The predicted octanol–water partition coefficient (Wildman–Crippen LogP) is 1.83. The van der Waals surface area contributed by atoms with Gasteiger partial charge in [-0.2, -0.15) is 0 Å². The zero-order valence-electron chi connectivity index (χ0n) is 10.3. The van der Waals surface area contributed by atoms with Crippen LogP contribution in [0.1, 0.15) is 5.69 Å². The lowest BCUT2D eigenvalue weighted by Gasteiger charge is -2.01. The van der Waals surface area contributed by atoms with Crippen LogP contribution in [0.25, 0.3) is 22.2 Å². The van der Waals surface area contributed by atoms with Gasteiger partial charge in [-0.3, -0.25) is 9.97 Å². The number of aromatic hydroxyl groups is 1. The molecule has 19 heavy (non-hydrogen) atoms. The molecule has 0 atom stereocenters. The molecule has 96 valence electrons. The number of H-pyrrole nitrogens is 1. The third kappa shape index (κ3) is 2.04. The Hall–Kier alpha value is -2.40. The van der Waals surface area contributed by atoms with E-state index in [0.717, 1.165) is 28.8 Å². The molecule has 2 heterocycles. The Morgan fingerprint density at radius 3 is 2.84 bits per heavy atom. The number of nitrogens with two attached hydrogens (primary N) is 1. The van der Waals surface area contributed by atoms with Gasteiger partial charge in [0.05, 0.1) is 23.1 Å². The van der Waals surface area contributed by atoms with Gasteiger partial charge in [-0.25, -0.2) is 0 Å². The van der Waals surface area contributed by atoms with Gasteiger partial charge in [0.2, 0.25) is 0 Å². The molecular formula is C14H14N4O. The molecule has 5 heteroatoms. The highest BCUT2D eigenvalue weighted by atomic mass is 16.3. The summed E-state index contributed by atoms with van der Waals surface area (Å²) in [7, 11) is 0. The van der Waals surface area contributed by atoms with E-state index in [0.29, 0.717) is 12.1 Å². The van der Waals surface area contributed by atoms with Crippen molar-refractivity contribution in [2.24, 2.45) is 5.73 Å². The standard InChI is InChI=1S/C14H14N4O/c15-5-4-9-6-17-12(8-16-9)11-7-18-14-10(11)2-1-3-13(14)19/h1-3,6-8,18-19H,4-5,15H2. The molecule has 0 aliphatic heterocycles. The van der Waals surface area contributed by atoms with E-state index in [2.05, 4.69) is 15.0 Å². The van der Waals surface area contributed by atoms with Crippen LogP contribution in [0.4, 0.5) is 0 Å². The van der Waals surface area contributed by atoms with Crippen LogP contribution in [0.15, 0.2) is 36.8 Å². The molecule has 0 spiro atoms. The highest BCUT2D eigenvalue weighted by Gasteiger charge is 2.09. The van der Waals surface area contributed by atoms with Crippen LogP contribution in [0.5, 0.6) is 5.75 Å². The summed E-state index contributed by atoms with van der Waals surface area (Å²) >= 11 is 0. The minimum atomic E-state index is 0.233. The van der Waals surface area contributed by atoms with Gasteiger partial charge in [0.1, 0.15) is 5.75 Å². The number of para-hydroxylation sites is 1. The van der Waals surface area contributed by atoms with Crippen molar-refractivity contribution < 1.29 is 5.11 Å². The van der Waals surface area contributed by atoms with Crippen LogP contribution in [0.3, 0.4) is 0 Å². The van der Waals surface area contributed by atoms with Crippen molar-refractivity contribution in [3.63, 3.8) is 0 Å². The quantitative estimate of drug-likeness (QED) is 0.665. The molecule has 0 radical (unpaired) electrons. The number of phenolic OH excluding ortho intramolecular Hbond substituents is 1. The van der Waals surface area contributed by atoms with Crippen LogP contribution >= 0.6 is 0 Å². The van der Waals surface area contributed by atoms with Crippen LogP contribution in [0.2, 0.25) is 0 Å². The fourth-order valence-corrected chi connectivity index (χ4v) is 2.12. The highest BCUT2D eigenvalue weighted by molar-refractivity contribution is 5.97. The maximum absolute atomic E-state index is 9.76. The second-order valence-electron chi connectivity index (χ2n) is 4.33. The van der Waals surface area contributed by atoms with Crippen LogP contribution < -0.4 is 5.73 Å². The Morgan fingerprint density at radius 1 is 1.21 bits per heavy atom. The minimum absolute atomic E-state index is 0.233. The Kier molecular flexibility index (Phi) is 2.89. The average Bonchev–Trinajstić information content (AvgIpc) is 2.85. The summed E-state index contributed by atoms with van der Waals surface area (Å²) in [6.45, 7) is 0.564. The summed E-state index contributed by atoms with van der Waals surface area (Å²) in [6.07, 6.45) is 6.03. The van der Waals surface area contributed by atoms with Gasteiger partial charge in [0.15, 0.2) is 0 Å². The third-order valence-corrected chi connectivity index (χ3v) is 3.08. The van der Waals surface area contributed by atoms with E-state index in [1.807, 2.05) is 18.3 Å². The number of hydrogen-bond donors (Lipinski definition) is 3. The number of phenols is 1. The first kappa shape index (κ1) is 11.7. The Bertz CT molecular complexity index is 703. The van der Waals surface area contributed by atoms with Gasteiger partial charge >= 0.3 is 0 Å². The molecule has 3 rings (SSSR count). The number of rotatable bonds is 3. The summed E-state index contributed by atoms with van der Waals surface area (Å²) in [6, 6.07) is 5.40. The maximum atomic E-state index is 9.76. The fraction of sp³-hybridized carbons (Fsp3) is 0.143. The molecule has 0 saturated heterocycles. The second-order valence-corrected chi connectivity index (χ2v) is 4.33. The van der Waals surface area contributed by atoms with Crippen molar-refractivity contribution in [1.82, 2.24) is 15.0 Å². The molecule has 0 unspecified atom stereocenters. The van der Waals surface area contributed by atoms with E-state index in [1.54, 1.807) is 18.5 Å². The fourth-order valence-electron chi connectivity index (χ4n) is 2.12. The van der Waals surface area contributed by atoms with Crippen molar-refractivity contribution in [3.05, 3.63) is 42.5 Å². The molecule has 0 fully saturated rings. The number of nitrogens with one attached hydrogen (secondary N) is 1. The van der Waals surface area contributed by atoms with Gasteiger partial charge < -0.3 is 15.8 Å². The first-order valence-corrected chi connectivity index (χ1v) is 6.10. The highest BCUT2D eigenvalue weighted by Crippen LogP contribution is 2.31. The monoisotopic (exact) mass is 254 g/mol. The summed E-state index contributed by atoms with van der Waals surface area (Å²) in [5.74, 6) is 0.233. The van der Waals surface area contributed by atoms with E-state index < -0.39 is 0 Å². The zero-order valence-corrected chi connectivity index (χ0v) is 10.3. The van der Waals surface area contributed by atoms with Crippen molar-refractivity contribution in [1.29, 1.82) is 0 Å². The lowest BCUT2D eigenvalue weighted by atomic mass is 10.1. The smallest absolute Gasteiger partial charge is 0.139 e. The van der Waals surface area contributed by atoms with E-state index in [4.69, 9.17) is 5.73 Å². The number of nitrogens with zero attached hydrogens (tertiary/aromatic N) is 2. The molecule has 3 aromatic rings. The minimum Gasteiger partial charge on any atom is -0.506 e. The summed E-state index contributed by atoms with van der Waals surface area (Å²) in [5.41, 5.74) is 8.78. The third-order valence-electron chi connectivity index (χ3n) is 3.08. The molecule has 0 aliphatic carbocycles. The number of aromatic nitrogens is 3. The van der Waals surface area contributed by atoms with E-state index >= 15 is 0 Å². The molecule has 2 aromatic heterocycles. The van der Waals surface area contributed by atoms with E-state index in [-0.39, 0.29) is 5.75 Å². The number of hydrogen-bond acceptors (Lipinski definition) is 4.